The van der Waals surface area contributed by atoms with Gasteiger partial charge in [-0.1, -0.05) is 13.3 Å². The van der Waals surface area contributed by atoms with E-state index < -0.39 is 0 Å². The van der Waals surface area contributed by atoms with E-state index in [0.29, 0.717) is 0 Å². The zero-order valence-corrected chi connectivity index (χ0v) is 9.66. The van der Waals surface area contributed by atoms with Crippen molar-refractivity contribution in [3.05, 3.63) is 36.0 Å². The second kappa shape index (κ2) is 4.84. The number of nitrogens with one attached hydrogen (secondary N) is 1. The third-order valence-corrected chi connectivity index (χ3v) is 2.54. The lowest BCUT2D eigenvalue weighted by molar-refractivity contribution is 0.415. The largest absolute Gasteiger partial charge is 0.497 e. The van der Waals surface area contributed by atoms with Crippen molar-refractivity contribution < 1.29 is 4.74 Å². The summed E-state index contributed by atoms with van der Waals surface area (Å²) in [5, 5.41) is 7.35. The number of aryl methyl sites for hydroxylation is 1. The number of hydrogen-bond acceptors (Lipinski definition) is 2. The molecule has 0 spiro atoms. The van der Waals surface area contributed by atoms with Crippen LogP contribution >= 0.6 is 0 Å². The fourth-order valence-electron chi connectivity index (χ4n) is 1.67. The van der Waals surface area contributed by atoms with Crippen LogP contribution in [0.5, 0.6) is 5.75 Å². The molecule has 2 aromatic rings. The van der Waals surface area contributed by atoms with Gasteiger partial charge in [0.2, 0.25) is 0 Å². The predicted octanol–water partition coefficient (Wildman–Crippen LogP) is 3.04. The molecule has 3 heteroatoms. The summed E-state index contributed by atoms with van der Waals surface area (Å²) in [6, 6.07) is 10.0. The van der Waals surface area contributed by atoms with Gasteiger partial charge in [0, 0.05) is 11.3 Å². The van der Waals surface area contributed by atoms with Crippen LogP contribution < -0.4 is 4.74 Å². The molecule has 1 aromatic carbocycles. The Bertz CT molecular complexity index is 445. The van der Waals surface area contributed by atoms with Gasteiger partial charge < -0.3 is 4.74 Å². The van der Waals surface area contributed by atoms with E-state index in [-0.39, 0.29) is 0 Å². The molecule has 0 saturated carbocycles. The highest BCUT2D eigenvalue weighted by atomic mass is 16.5. The van der Waals surface area contributed by atoms with Crippen molar-refractivity contribution >= 4 is 0 Å². The first-order chi connectivity index (χ1) is 7.83. The van der Waals surface area contributed by atoms with Crippen molar-refractivity contribution in [2.75, 3.05) is 7.11 Å². The Hall–Kier alpha value is -1.77. The lowest BCUT2D eigenvalue weighted by atomic mass is 10.1. The summed E-state index contributed by atoms with van der Waals surface area (Å²) >= 11 is 0. The zero-order chi connectivity index (χ0) is 11.4. The molecule has 0 unspecified atom stereocenters. The van der Waals surface area contributed by atoms with Gasteiger partial charge in [0.15, 0.2) is 0 Å². The number of nitrogens with zero attached hydrogens (tertiary/aromatic N) is 1. The smallest absolute Gasteiger partial charge is 0.118 e. The molecule has 0 amide bonds. The van der Waals surface area contributed by atoms with E-state index in [1.54, 1.807) is 7.11 Å². The number of aromatic nitrogens is 2. The van der Waals surface area contributed by atoms with Gasteiger partial charge in [-0.15, -0.1) is 0 Å². The summed E-state index contributed by atoms with van der Waals surface area (Å²) in [4.78, 5) is 0. The van der Waals surface area contributed by atoms with Gasteiger partial charge in [-0.05, 0) is 36.8 Å². The van der Waals surface area contributed by atoms with Gasteiger partial charge in [-0.2, -0.15) is 5.10 Å². The van der Waals surface area contributed by atoms with Crippen molar-refractivity contribution in [1.29, 1.82) is 0 Å². The van der Waals surface area contributed by atoms with Crippen LogP contribution in [0.25, 0.3) is 11.3 Å². The molecule has 0 fully saturated rings. The van der Waals surface area contributed by atoms with Crippen LogP contribution in [0.15, 0.2) is 30.3 Å². The highest BCUT2D eigenvalue weighted by Crippen LogP contribution is 2.21. The monoisotopic (exact) mass is 216 g/mol. The SMILES string of the molecule is CCCc1cc(-c2ccc(OC)cc2)n[nH]1. The fraction of sp³-hybridized carbons (Fsp3) is 0.308. The number of H-pyrrole nitrogens is 1. The topological polar surface area (TPSA) is 37.9 Å². The number of benzene rings is 1. The molecule has 0 bridgehead atoms. The Labute approximate surface area is 95.5 Å². The van der Waals surface area contributed by atoms with Crippen LogP contribution in [-0.2, 0) is 6.42 Å². The van der Waals surface area contributed by atoms with Gasteiger partial charge in [-0.3, -0.25) is 5.10 Å². The quantitative estimate of drug-likeness (QED) is 0.853. The van der Waals surface area contributed by atoms with Crippen molar-refractivity contribution in [2.24, 2.45) is 0 Å². The van der Waals surface area contributed by atoms with Crippen LogP contribution in [0, 0.1) is 0 Å². The van der Waals surface area contributed by atoms with E-state index in [9.17, 15) is 0 Å². The fourth-order valence-corrected chi connectivity index (χ4v) is 1.67. The van der Waals surface area contributed by atoms with Crippen LogP contribution in [0.3, 0.4) is 0 Å². The molecule has 3 nitrogen and oxygen atoms in total. The number of rotatable bonds is 4. The normalized spacial score (nSPS) is 10.4. The predicted molar refractivity (Wildman–Crippen MR) is 64.6 cm³/mol. The van der Waals surface area contributed by atoms with Gasteiger partial charge in [0.25, 0.3) is 0 Å². The van der Waals surface area contributed by atoms with Crippen LogP contribution in [0.1, 0.15) is 19.0 Å². The minimum Gasteiger partial charge on any atom is -0.497 e. The lowest BCUT2D eigenvalue weighted by Gasteiger charge is -1.99. The second-order valence-electron chi connectivity index (χ2n) is 3.76. The molecular weight excluding hydrogens is 200 g/mol. The summed E-state index contributed by atoms with van der Waals surface area (Å²) in [5.41, 5.74) is 3.29. The van der Waals surface area contributed by atoms with E-state index in [0.717, 1.165) is 29.8 Å². The summed E-state index contributed by atoms with van der Waals surface area (Å²) < 4.78 is 5.12. The molecule has 1 heterocycles. The average molecular weight is 216 g/mol. The average Bonchev–Trinajstić information content (AvgIpc) is 2.78. The van der Waals surface area contributed by atoms with Crippen molar-refractivity contribution in [3.63, 3.8) is 0 Å². The standard InChI is InChI=1S/C13H16N2O/c1-3-4-11-9-13(15-14-11)10-5-7-12(16-2)8-6-10/h5-9H,3-4H2,1-2H3,(H,14,15). The van der Waals surface area contributed by atoms with Gasteiger partial charge in [0.1, 0.15) is 5.75 Å². The minimum absolute atomic E-state index is 0.869. The minimum atomic E-state index is 0.869. The Morgan fingerprint density at radius 1 is 1.25 bits per heavy atom. The van der Waals surface area contributed by atoms with Crippen molar-refractivity contribution in [3.8, 4) is 17.0 Å². The lowest BCUT2D eigenvalue weighted by Crippen LogP contribution is -1.82. The van der Waals surface area contributed by atoms with Crippen molar-refractivity contribution in [2.45, 2.75) is 19.8 Å². The molecule has 1 N–H and O–H groups in total. The Kier molecular flexibility index (Phi) is 3.25. The van der Waals surface area contributed by atoms with E-state index in [4.69, 9.17) is 4.74 Å². The Balaban J connectivity index is 2.21. The molecule has 0 radical (unpaired) electrons. The number of aromatic amines is 1. The third-order valence-electron chi connectivity index (χ3n) is 2.54. The maximum Gasteiger partial charge on any atom is 0.118 e. The Morgan fingerprint density at radius 3 is 2.62 bits per heavy atom. The van der Waals surface area contributed by atoms with E-state index in [1.807, 2.05) is 24.3 Å². The summed E-state index contributed by atoms with van der Waals surface area (Å²) in [6.07, 6.45) is 2.17. The molecule has 0 atom stereocenters. The van der Waals surface area contributed by atoms with E-state index in [1.165, 1.54) is 5.69 Å². The van der Waals surface area contributed by atoms with Crippen LogP contribution in [0.4, 0.5) is 0 Å². The van der Waals surface area contributed by atoms with Gasteiger partial charge >= 0.3 is 0 Å². The number of hydrogen-bond donors (Lipinski definition) is 1. The Morgan fingerprint density at radius 2 is 2.00 bits per heavy atom. The van der Waals surface area contributed by atoms with Crippen molar-refractivity contribution in [1.82, 2.24) is 10.2 Å². The molecule has 0 aliphatic carbocycles. The first kappa shape index (κ1) is 10.7. The van der Waals surface area contributed by atoms with Gasteiger partial charge in [-0.25, -0.2) is 0 Å². The zero-order valence-electron chi connectivity index (χ0n) is 9.66. The third kappa shape index (κ3) is 2.24. The molecule has 0 aliphatic heterocycles. The van der Waals surface area contributed by atoms with Crippen LogP contribution in [-0.4, -0.2) is 17.3 Å². The highest BCUT2D eigenvalue weighted by molar-refractivity contribution is 5.60. The summed E-state index contributed by atoms with van der Waals surface area (Å²) in [5.74, 6) is 0.869. The first-order valence-corrected chi connectivity index (χ1v) is 5.52. The second-order valence-corrected chi connectivity index (χ2v) is 3.76. The number of methoxy groups -OCH3 is 1. The molecule has 0 aliphatic rings. The molecular formula is C13H16N2O. The molecule has 1 aromatic heterocycles. The van der Waals surface area contributed by atoms with Crippen LogP contribution in [0.2, 0.25) is 0 Å². The summed E-state index contributed by atoms with van der Waals surface area (Å²) in [6.45, 7) is 2.16. The maximum atomic E-state index is 5.12. The number of ether oxygens (including phenoxy) is 1. The van der Waals surface area contributed by atoms with E-state index in [2.05, 4.69) is 23.2 Å². The maximum absolute atomic E-state index is 5.12. The van der Waals surface area contributed by atoms with E-state index >= 15 is 0 Å². The molecule has 16 heavy (non-hydrogen) atoms. The molecule has 0 saturated heterocycles. The molecule has 2 rings (SSSR count). The first-order valence-electron chi connectivity index (χ1n) is 5.52. The highest BCUT2D eigenvalue weighted by Gasteiger charge is 2.03. The van der Waals surface area contributed by atoms with Gasteiger partial charge in [0.05, 0.1) is 12.8 Å². The molecule has 84 valence electrons. The summed E-state index contributed by atoms with van der Waals surface area (Å²) in [7, 11) is 1.67.